The highest BCUT2D eigenvalue weighted by molar-refractivity contribution is 5.80. The van der Waals surface area contributed by atoms with E-state index in [1.54, 1.807) is 37.9 Å². The van der Waals surface area contributed by atoms with Gasteiger partial charge in [0.25, 0.3) is 0 Å². The van der Waals surface area contributed by atoms with E-state index in [4.69, 9.17) is 4.74 Å². The van der Waals surface area contributed by atoms with E-state index in [2.05, 4.69) is 4.98 Å². The summed E-state index contributed by atoms with van der Waals surface area (Å²) in [6.07, 6.45) is 1.22. The van der Waals surface area contributed by atoms with Gasteiger partial charge in [-0.2, -0.15) is 0 Å². The number of carboxylic acids is 1. The lowest BCUT2D eigenvalue weighted by atomic mass is 10.1. The van der Waals surface area contributed by atoms with Crippen molar-refractivity contribution in [3.8, 4) is 0 Å². The number of rotatable bonds is 2. The highest BCUT2D eigenvalue weighted by Crippen LogP contribution is 2.20. The van der Waals surface area contributed by atoms with Gasteiger partial charge in [-0.15, -0.1) is 0 Å². The fourth-order valence-electron chi connectivity index (χ4n) is 2.39. The third-order valence-corrected chi connectivity index (χ3v) is 3.51. The SMILES string of the molecule is Cc1ccc(N2CCN(C(=O)OC(C)(C)C)C[C@@H]2C(=O)O)nc1. The van der Waals surface area contributed by atoms with Crippen LogP contribution in [-0.2, 0) is 9.53 Å². The van der Waals surface area contributed by atoms with Crippen molar-refractivity contribution in [1.29, 1.82) is 0 Å². The number of hydrogen-bond acceptors (Lipinski definition) is 5. The van der Waals surface area contributed by atoms with E-state index in [9.17, 15) is 14.7 Å². The van der Waals surface area contributed by atoms with E-state index in [1.165, 1.54) is 4.90 Å². The Kier molecular flexibility index (Phi) is 4.77. The largest absolute Gasteiger partial charge is 0.480 e. The number of ether oxygens (including phenoxy) is 1. The first-order valence-corrected chi connectivity index (χ1v) is 7.57. The first kappa shape index (κ1) is 17.1. The molecule has 1 amide bonds. The van der Waals surface area contributed by atoms with Gasteiger partial charge in [0.05, 0.1) is 6.54 Å². The van der Waals surface area contributed by atoms with Crippen LogP contribution in [0.15, 0.2) is 18.3 Å². The smallest absolute Gasteiger partial charge is 0.410 e. The molecule has 0 bridgehead atoms. The summed E-state index contributed by atoms with van der Waals surface area (Å²) in [6, 6.07) is 2.85. The fourth-order valence-corrected chi connectivity index (χ4v) is 2.39. The van der Waals surface area contributed by atoms with Crippen LogP contribution >= 0.6 is 0 Å². The number of carbonyl (C=O) groups is 2. The van der Waals surface area contributed by atoms with Crippen LogP contribution in [0.5, 0.6) is 0 Å². The molecule has 7 nitrogen and oxygen atoms in total. The van der Waals surface area contributed by atoms with E-state index in [0.29, 0.717) is 18.9 Å². The average Bonchev–Trinajstić information content (AvgIpc) is 2.45. The highest BCUT2D eigenvalue weighted by Gasteiger charge is 2.36. The number of aryl methyl sites for hydroxylation is 1. The number of aromatic nitrogens is 1. The van der Waals surface area contributed by atoms with Gasteiger partial charge < -0.3 is 19.6 Å². The van der Waals surface area contributed by atoms with E-state index < -0.39 is 23.7 Å². The quantitative estimate of drug-likeness (QED) is 0.896. The molecule has 0 spiro atoms. The van der Waals surface area contributed by atoms with Crippen molar-refractivity contribution in [2.75, 3.05) is 24.5 Å². The Morgan fingerprint density at radius 2 is 2.00 bits per heavy atom. The van der Waals surface area contributed by atoms with Gasteiger partial charge in [0.1, 0.15) is 17.5 Å². The maximum absolute atomic E-state index is 12.1. The lowest BCUT2D eigenvalue weighted by Gasteiger charge is -2.40. The summed E-state index contributed by atoms with van der Waals surface area (Å²) in [5.74, 6) is -0.382. The molecule has 0 aromatic carbocycles. The van der Waals surface area contributed by atoms with Crippen LogP contribution in [0.3, 0.4) is 0 Å². The number of carboxylic acid groups (broad SMARTS) is 1. The molecule has 2 rings (SSSR count). The Bertz CT molecular complexity index is 580. The van der Waals surface area contributed by atoms with E-state index in [1.807, 2.05) is 13.0 Å². The second-order valence-electron chi connectivity index (χ2n) is 6.67. The number of amides is 1. The maximum atomic E-state index is 12.1. The number of anilines is 1. The molecular weight excluding hydrogens is 298 g/mol. The number of pyridine rings is 1. The normalized spacial score (nSPS) is 18.7. The van der Waals surface area contributed by atoms with Crippen molar-refractivity contribution in [3.05, 3.63) is 23.9 Å². The summed E-state index contributed by atoms with van der Waals surface area (Å²) in [5.41, 5.74) is 0.402. The van der Waals surface area contributed by atoms with Crippen LogP contribution in [0.25, 0.3) is 0 Å². The Hall–Kier alpha value is -2.31. The molecule has 1 fully saturated rings. The van der Waals surface area contributed by atoms with Crippen LogP contribution in [-0.4, -0.2) is 58.3 Å². The van der Waals surface area contributed by atoms with E-state index in [0.717, 1.165) is 5.56 Å². The summed E-state index contributed by atoms with van der Waals surface area (Å²) in [6.45, 7) is 8.14. The zero-order valence-corrected chi connectivity index (χ0v) is 13.9. The standard InChI is InChI=1S/C16H23N3O4/c1-11-5-6-13(17-9-11)19-8-7-18(10-12(19)14(20)21)15(22)23-16(2,3)4/h5-6,9,12H,7-8,10H2,1-4H3,(H,20,21)/t12-/m1/s1. The van der Waals surface area contributed by atoms with Crippen molar-refractivity contribution in [3.63, 3.8) is 0 Å². The molecule has 7 heteroatoms. The average molecular weight is 321 g/mol. The second kappa shape index (κ2) is 6.44. The van der Waals surface area contributed by atoms with Crippen molar-refractivity contribution in [1.82, 2.24) is 9.88 Å². The number of piperazine rings is 1. The third kappa shape index (κ3) is 4.34. The van der Waals surface area contributed by atoms with E-state index in [-0.39, 0.29) is 6.54 Å². The predicted molar refractivity (Wildman–Crippen MR) is 85.6 cm³/mol. The summed E-state index contributed by atoms with van der Waals surface area (Å²) in [7, 11) is 0. The van der Waals surface area contributed by atoms with Gasteiger partial charge in [0, 0.05) is 19.3 Å². The molecule has 0 unspecified atom stereocenters. The van der Waals surface area contributed by atoms with Crippen molar-refractivity contribution < 1.29 is 19.4 Å². The van der Waals surface area contributed by atoms with Gasteiger partial charge in [-0.1, -0.05) is 6.07 Å². The van der Waals surface area contributed by atoms with Crippen molar-refractivity contribution >= 4 is 17.9 Å². The summed E-state index contributed by atoms with van der Waals surface area (Å²) < 4.78 is 5.32. The van der Waals surface area contributed by atoms with Gasteiger partial charge in [-0.05, 0) is 39.3 Å². The molecular formula is C16H23N3O4. The number of aliphatic carboxylic acids is 1. The van der Waals surface area contributed by atoms with Crippen LogP contribution < -0.4 is 4.90 Å². The molecule has 1 aliphatic rings. The summed E-state index contributed by atoms with van der Waals surface area (Å²) in [4.78, 5) is 31.2. The number of hydrogen-bond donors (Lipinski definition) is 1. The number of carbonyl (C=O) groups excluding carboxylic acids is 1. The highest BCUT2D eigenvalue weighted by atomic mass is 16.6. The van der Waals surface area contributed by atoms with Gasteiger partial charge >= 0.3 is 12.1 Å². The molecule has 126 valence electrons. The molecule has 1 saturated heterocycles. The maximum Gasteiger partial charge on any atom is 0.410 e. The molecule has 1 aliphatic heterocycles. The summed E-state index contributed by atoms with van der Waals surface area (Å²) in [5, 5.41) is 9.51. The molecule has 0 aliphatic carbocycles. The van der Waals surface area contributed by atoms with Crippen molar-refractivity contribution in [2.24, 2.45) is 0 Å². The van der Waals surface area contributed by atoms with Crippen LogP contribution in [0.1, 0.15) is 26.3 Å². The Morgan fingerprint density at radius 1 is 1.30 bits per heavy atom. The molecule has 23 heavy (non-hydrogen) atoms. The van der Waals surface area contributed by atoms with E-state index >= 15 is 0 Å². The predicted octanol–water partition coefficient (Wildman–Crippen LogP) is 1.90. The van der Waals surface area contributed by atoms with Gasteiger partial charge in [-0.3, -0.25) is 0 Å². The zero-order valence-electron chi connectivity index (χ0n) is 13.9. The Morgan fingerprint density at radius 3 is 2.52 bits per heavy atom. The van der Waals surface area contributed by atoms with Crippen LogP contribution in [0, 0.1) is 6.92 Å². The summed E-state index contributed by atoms with van der Waals surface area (Å²) >= 11 is 0. The molecule has 1 aromatic rings. The van der Waals surface area contributed by atoms with Gasteiger partial charge in [-0.25, -0.2) is 14.6 Å². The number of nitrogens with zero attached hydrogens (tertiary/aromatic N) is 3. The molecule has 1 N–H and O–H groups in total. The fraction of sp³-hybridized carbons (Fsp3) is 0.562. The second-order valence-corrected chi connectivity index (χ2v) is 6.67. The monoisotopic (exact) mass is 321 g/mol. The van der Waals surface area contributed by atoms with Crippen LogP contribution in [0.2, 0.25) is 0 Å². The first-order chi connectivity index (χ1) is 10.7. The van der Waals surface area contributed by atoms with Crippen molar-refractivity contribution in [2.45, 2.75) is 39.3 Å². The lowest BCUT2D eigenvalue weighted by molar-refractivity contribution is -0.139. The molecule has 0 saturated carbocycles. The zero-order chi connectivity index (χ0) is 17.2. The minimum atomic E-state index is -0.986. The first-order valence-electron chi connectivity index (χ1n) is 7.57. The lowest BCUT2D eigenvalue weighted by Crippen LogP contribution is -2.58. The Balaban J connectivity index is 2.13. The minimum absolute atomic E-state index is 0.0692. The van der Waals surface area contributed by atoms with Crippen LogP contribution in [0.4, 0.5) is 10.6 Å². The molecule has 1 aromatic heterocycles. The molecule has 0 radical (unpaired) electrons. The van der Waals surface area contributed by atoms with Gasteiger partial charge in [0.15, 0.2) is 0 Å². The Labute approximate surface area is 135 Å². The molecule has 2 heterocycles. The van der Waals surface area contributed by atoms with Gasteiger partial charge in [0.2, 0.25) is 0 Å². The topological polar surface area (TPSA) is 83.0 Å². The third-order valence-electron chi connectivity index (χ3n) is 3.51. The molecule has 1 atom stereocenters. The minimum Gasteiger partial charge on any atom is -0.480 e.